The van der Waals surface area contributed by atoms with Gasteiger partial charge in [0.05, 0.1) is 0 Å². The molecular formula is C18H24N4O3. The Morgan fingerprint density at radius 3 is 2.44 bits per heavy atom. The van der Waals surface area contributed by atoms with Gasteiger partial charge in [-0.1, -0.05) is 0 Å². The predicted octanol–water partition coefficient (Wildman–Crippen LogP) is 1.13. The summed E-state index contributed by atoms with van der Waals surface area (Å²) in [5.74, 6) is 1.23. The van der Waals surface area contributed by atoms with E-state index in [1.165, 1.54) is 0 Å². The number of hydrogen-bond acceptors (Lipinski definition) is 5. The van der Waals surface area contributed by atoms with E-state index in [4.69, 9.17) is 4.74 Å². The SMILES string of the molecule is Cc1cc(C(=O)N2CCN(C(=O)C3CCCO3)CC2)nc(C2CC2)n1. The van der Waals surface area contributed by atoms with Gasteiger partial charge in [0.1, 0.15) is 17.6 Å². The van der Waals surface area contributed by atoms with E-state index < -0.39 is 0 Å². The minimum atomic E-state index is -0.284. The Morgan fingerprint density at radius 2 is 1.80 bits per heavy atom. The quantitative estimate of drug-likeness (QED) is 0.821. The molecule has 3 fully saturated rings. The Morgan fingerprint density at radius 1 is 1.08 bits per heavy atom. The highest BCUT2D eigenvalue weighted by Crippen LogP contribution is 2.38. The van der Waals surface area contributed by atoms with Crippen LogP contribution in [0.2, 0.25) is 0 Å². The number of ether oxygens (including phenoxy) is 1. The number of carbonyl (C=O) groups excluding carboxylic acids is 2. The monoisotopic (exact) mass is 344 g/mol. The molecule has 4 rings (SSSR count). The number of nitrogens with zero attached hydrogens (tertiary/aromatic N) is 4. The highest BCUT2D eigenvalue weighted by molar-refractivity contribution is 5.92. The molecule has 1 aliphatic carbocycles. The molecule has 1 aromatic heterocycles. The van der Waals surface area contributed by atoms with Crippen LogP contribution >= 0.6 is 0 Å². The minimum absolute atomic E-state index is 0.0587. The highest BCUT2D eigenvalue weighted by atomic mass is 16.5. The molecule has 0 radical (unpaired) electrons. The van der Waals surface area contributed by atoms with Crippen molar-refractivity contribution in [1.29, 1.82) is 0 Å². The molecule has 2 aliphatic heterocycles. The van der Waals surface area contributed by atoms with Crippen LogP contribution in [0.25, 0.3) is 0 Å². The van der Waals surface area contributed by atoms with E-state index in [9.17, 15) is 9.59 Å². The molecule has 7 heteroatoms. The van der Waals surface area contributed by atoms with E-state index in [1.807, 2.05) is 11.8 Å². The predicted molar refractivity (Wildman–Crippen MR) is 90.2 cm³/mol. The van der Waals surface area contributed by atoms with Gasteiger partial charge in [0.2, 0.25) is 0 Å². The minimum Gasteiger partial charge on any atom is -0.368 e. The summed E-state index contributed by atoms with van der Waals surface area (Å²) in [6.45, 7) is 4.78. The van der Waals surface area contributed by atoms with Gasteiger partial charge in [-0.3, -0.25) is 9.59 Å². The molecule has 3 aliphatic rings. The second-order valence-electron chi connectivity index (χ2n) is 7.15. The molecule has 1 saturated carbocycles. The second-order valence-corrected chi connectivity index (χ2v) is 7.15. The van der Waals surface area contributed by atoms with Crippen LogP contribution < -0.4 is 0 Å². The van der Waals surface area contributed by atoms with Gasteiger partial charge >= 0.3 is 0 Å². The summed E-state index contributed by atoms with van der Waals surface area (Å²) in [6, 6.07) is 1.76. The summed E-state index contributed by atoms with van der Waals surface area (Å²) in [4.78, 5) is 37.7. The topological polar surface area (TPSA) is 75.6 Å². The van der Waals surface area contributed by atoms with Crippen LogP contribution in [-0.4, -0.2) is 70.5 Å². The molecule has 2 amide bonds. The normalized spacial score (nSPS) is 23.8. The highest BCUT2D eigenvalue weighted by Gasteiger charge is 2.32. The Kier molecular flexibility index (Phi) is 4.41. The van der Waals surface area contributed by atoms with Gasteiger partial charge in [-0.15, -0.1) is 0 Å². The number of carbonyl (C=O) groups is 2. The van der Waals surface area contributed by atoms with Crippen LogP contribution in [0.4, 0.5) is 0 Å². The largest absolute Gasteiger partial charge is 0.368 e. The van der Waals surface area contributed by atoms with E-state index in [-0.39, 0.29) is 17.9 Å². The zero-order valence-electron chi connectivity index (χ0n) is 14.6. The Hall–Kier alpha value is -2.02. The Balaban J connectivity index is 1.38. The van der Waals surface area contributed by atoms with Gasteiger partial charge in [-0.2, -0.15) is 0 Å². The first-order chi connectivity index (χ1) is 12.1. The molecule has 3 heterocycles. The maximum absolute atomic E-state index is 12.8. The van der Waals surface area contributed by atoms with E-state index >= 15 is 0 Å². The van der Waals surface area contributed by atoms with E-state index in [2.05, 4.69) is 9.97 Å². The number of rotatable bonds is 3. The van der Waals surface area contributed by atoms with E-state index in [1.54, 1.807) is 11.0 Å². The average Bonchev–Trinajstić information content (AvgIpc) is 3.35. The molecule has 2 saturated heterocycles. The molecule has 1 unspecified atom stereocenters. The van der Waals surface area contributed by atoms with Gasteiger partial charge < -0.3 is 14.5 Å². The molecule has 0 bridgehead atoms. The third-order valence-corrected chi connectivity index (χ3v) is 5.12. The first-order valence-corrected chi connectivity index (χ1v) is 9.17. The Bertz CT molecular complexity index is 675. The van der Waals surface area contributed by atoms with Gasteiger partial charge in [0.15, 0.2) is 0 Å². The second kappa shape index (κ2) is 6.71. The van der Waals surface area contributed by atoms with Crippen LogP contribution in [0.5, 0.6) is 0 Å². The van der Waals surface area contributed by atoms with Crippen LogP contribution in [-0.2, 0) is 9.53 Å². The molecular weight excluding hydrogens is 320 g/mol. The van der Waals surface area contributed by atoms with Crippen molar-refractivity contribution in [1.82, 2.24) is 19.8 Å². The lowest BCUT2D eigenvalue weighted by molar-refractivity contribution is -0.142. The van der Waals surface area contributed by atoms with Crippen molar-refractivity contribution in [3.8, 4) is 0 Å². The number of piperazine rings is 1. The summed E-state index contributed by atoms with van der Waals surface area (Å²) in [5.41, 5.74) is 1.32. The Labute approximate surface area is 147 Å². The van der Waals surface area contributed by atoms with Gasteiger partial charge in [-0.05, 0) is 38.7 Å². The smallest absolute Gasteiger partial charge is 0.272 e. The van der Waals surface area contributed by atoms with Crippen LogP contribution in [0, 0.1) is 6.92 Å². The van der Waals surface area contributed by atoms with Gasteiger partial charge in [-0.25, -0.2) is 9.97 Å². The summed E-state index contributed by atoms with van der Waals surface area (Å²) in [5, 5.41) is 0. The molecule has 1 aromatic rings. The molecule has 1 atom stereocenters. The van der Waals surface area contributed by atoms with E-state index in [0.717, 1.165) is 37.2 Å². The van der Waals surface area contributed by atoms with E-state index in [0.29, 0.717) is 44.4 Å². The zero-order valence-corrected chi connectivity index (χ0v) is 14.6. The number of aryl methyl sites for hydroxylation is 1. The molecule has 0 N–H and O–H groups in total. The molecule has 25 heavy (non-hydrogen) atoms. The fraction of sp³-hybridized carbons (Fsp3) is 0.667. The lowest BCUT2D eigenvalue weighted by Gasteiger charge is -2.35. The average molecular weight is 344 g/mol. The summed E-state index contributed by atoms with van der Waals surface area (Å²) < 4.78 is 5.48. The molecule has 134 valence electrons. The third-order valence-electron chi connectivity index (χ3n) is 5.12. The van der Waals surface area contributed by atoms with Crippen molar-refractivity contribution >= 4 is 11.8 Å². The maximum Gasteiger partial charge on any atom is 0.272 e. The van der Waals surface area contributed by atoms with Crippen molar-refractivity contribution in [2.75, 3.05) is 32.8 Å². The first kappa shape index (κ1) is 16.4. The lowest BCUT2D eigenvalue weighted by atomic mass is 10.2. The molecule has 0 spiro atoms. The van der Waals surface area contributed by atoms with Crippen molar-refractivity contribution in [3.05, 3.63) is 23.3 Å². The standard InChI is InChI=1S/C18H24N4O3/c1-12-11-14(20-16(19-12)13-4-5-13)17(23)21-6-8-22(9-7-21)18(24)15-3-2-10-25-15/h11,13,15H,2-10H2,1H3. The van der Waals surface area contributed by atoms with Gasteiger partial charge in [0, 0.05) is 44.4 Å². The van der Waals surface area contributed by atoms with Crippen LogP contribution in [0.3, 0.4) is 0 Å². The van der Waals surface area contributed by atoms with Gasteiger partial charge in [0.25, 0.3) is 11.8 Å². The maximum atomic E-state index is 12.8. The zero-order chi connectivity index (χ0) is 17.4. The first-order valence-electron chi connectivity index (χ1n) is 9.17. The fourth-order valence-corrected chi connectivity index (χ4v) is 3.49. The van der Waals surface area contributed by atoms with Crippen molar-refractivity contribution in [2.24, 2.45) is 0 Å². The van der Waals surface area contributed by atoms with Crippen molar-refractivity contribution in [3.63, 3.8) is 0 Å². The number of hydrogen-bond donors (Lipinski definition) is 0. The fourth-order valence-electron chi connectivity index (χ4n) is 3.49. The van der Waals surface area contributed by atoms with Crippen LogP contribution in [0.1, 0.15) is 53.6 Å². The molecule has 7 nitrogen and oxygen atoms in total. The van der Waals surface area contributed by atoms with Crippen molar-refractivity contribution < 1.29 is 14.3 Å². The summed E-state index contributed by atoms with van der Waals surface area (Å²) >= 11 is 0. The summed E-state index contributed by atoms with van der Waals surface area (Å²) in [7, 11) is 0. The number of aromatic nitrogens is 2. The number of amides is 2. The van der Waals surface area contributed by atoms with Crippen molar-refractivity contribution in [2.45, 2.75) is 44.6 Å². The lowest BCUT2D eigenvalue weighted by Crippen LogP contribution is -2.53. The summed E-state index contributed by atoms with van der Waals surface area (Å²) in [6.07, 6.45) is 3.70. The third kappa shape index (κ3) is 3.51. The molecule has 0 aromatic carbocycles. The van der Waals surface area contributed by atoms with Crippen LogP contribution in [0.15, 0.2) is 6.07 Å².